The fraction of sp³-hybridized carbons (Fsp3) is 0.909. The minimum atomic E-state index is 1.27. The highest BCUT2D eigenvalue weighted by atomic mass is 32.2. The molecule has 0 N–H and O–H groups in total. The highest BCUT2D eigenvalue weighted by Crippen LogP contribution is 2.40. The van der Waals surface area contributed by atoms with Crippen LogP contribution in [0, 0.1) is 6.07 Å². The maximum Gasteiger partial charge on any atom is 0.0345 e. The highest BCUT2D eigenvalue weighted by molar-refractivity contribution is 8.03. The van der Waals surface area contributed by atoms with Crippen molar-refractivity contribution in [1.29, 1.82) is 0 Å². The van der Waals surface area contributed by atoms with E-state index in [-0.39, 0.29) is 0 Å². The lowest BCUT2D eigenvalue weighted by Gasteiger charge is -2.14. The Hall–Kier alpha value is 0.270. The van der Waals surface area contributed by atoms with Crippen LogP contribution in [0.15, 0.2) is 26.8 Å². The van der Waals surface area contributed by atoms with Gasteiger partial charge in [0, 0.05) is 14.7 Å². The summed E-state index contributed by atoms with van der Waals surface area (Å²) in [6.45, 7) is 6.95. The van der Waals surface area contributed by atoms with Crippen LogP contribution in [0.4, 0.5) is 0 Å². The van der Waals surface area contributed by atoms with E-state index in [1.165, 1.54) is 374 Å². The smallest absolute Gasteiger partial charge is 0.0345 e. The van der Waals surface area contributed by atoms with Crippen LogP contribution >= 0.6 is 35.3 Å². The third-order valence-electron chi connectivity index (χ3n) is 15.1. The molecule has 0 spiro atoms. The van der Waals surface area contributed by atoms with Gasteiger partial charge in [-0.25, -0.2) is 0 Å². The molecule has 0 aliphatic rings. The van der Waals surface area contributed by atoms with Crippen molar-refractivity contribution in [2.45, 2.75) is 382 Å². The van der Waals surface area contributed by atoms with Crippen molar-refractivity contribution < 1.29 is 0 Å². The molecule has 0 unspecified atom stereocenters. The van der Waals surface area contributed by atoms with Crippen molar-refractivity contribution in [2.24, 2.45) is 0 Å². The quantitative estimate of drug-likeness (QED) is 0.0471. The van der Waals surface area contributed by atoms with E-state index < -0.39 is 0 Å². The molecule has 0 atom stereocenters. The largest absolute Gasteiger partial charge is 0.125 e. The van der Waals surface area contributed by atoms with E-state index in [0.717, 1.165) is 0 Å². The number of thioether (sulfide) groups is 3. The Bertz CT molecular complexity index is 1030. The highest BCUT2D eigenvalue weighted by Gasteiger charge is 2.11. The van der Waals surface area contributed by atoms with Crippen LogP contribution < -0.4 is 0 Å². The average molecular weight is 1010 g/mol. The van der Waals surface area contributed by atoms with Gasteiger partial charge in [-0.15, -0.1) is 35.3 Å². The van der Waals surface area contributed by atoms with Gasteiger partial charge in [-0.2, -0.15) is 0 Å². The van der Waals surface area contributed by atoms with E-state index in [9.17, 15) is 0 Å². The minimum Gasteiger partial charge on any atom is -0.125 e. The van der Waals surface area contributed by atoms with Crippen LogP contribution in [0.3, 0.4) is 0 Å². The molecule has 0 nitrogen and oxygen atoms in total. The SMILES string of the molecule is CCCCCCCCCCCCCCCCCCCCSc1c[c]cc(SCCCCCCCCCCCCCCCCCCCC)c1SCCCCCCCCCCCCCCCCCCCC. The Kier molecular flexibility index (Phi) is 57.7. The molecule has 0 saturated heterocycles. The van der Waals surface area contributed by atoms with Crippen LogP contribution in [0.25, 0.3) is 0 Å². The second-order valence-corrected chi connectivity index (χ2v) is 25.5. The summed E-state index contributed by atoms with van der Waals surface area (Å²) < 4.78 is 0. The van der Waals surface area contributed by atoms with Crippen molar-refractivity contribution in [3.8, 4) is 0 Å². The molecule has 0 aliphatic heterocycles. The standard InChI is InChI=1S/C66H125S3/c1-4-7-10-13-16-19-22-25-28-31-34-37-40-43-46-49-52-55-61-67-64-59-58-60-65(68-62-56-53-50-47-44-41-38-35-32-29-26-23-20-17-14-11-8-5-2)66(64)69-63-57-54-51-48-45-42-39-36-33-30-27-24-21-18-15-12-9-6-3/h59-60H,4-57,61-63H2,1-3H3. The molecule has 0 aliphatic carbocycles. The van der Waals surface area contributed by atoms with Crippen molar-refractivity contribution in [1.82, 2.24) is 0 Å². The first-order chi connectivity index (χ1) is 34.3. The summed E-state index contributed by atoms with van der Waals surface area (Å²) in [4.78, 5) is 4.65. The van der Waals surface area contributed by atoms with E-state index in [2.05, 4.69) is 74.3 Å². The fourth-order valence-corrected chi connectivity index (χ4v) is 14.0. The lowest BCUT2D eigenvalue weighted by molar-refractivity contribution is 0.526. The summed E-state index contributed by atoms with van der Waals surface area (Å²) >= 11 is 6.46. The molecule has 0 amide bonds. The first kappa shape index (κ1) is 67.3. The molecule has 0 fully saturated rings. The van der Waals surface area contributed by atoms with Gasteiger partial charge in [0.05, 0.1) is 0 Å². The predicted octanol–water partition coefficient (Wildman–Crippen LogP) is 25.9. The van der Waals surface area contributed by atoms with E-state index in [1.807, 2.05) is 0 Å². The number of benzene rings is 1. The molecule has 0 heterocycles. The monoisotopic (exact) mass is 1010 g/mol. The zero-order valence-corrected chi connectivity index (χ0v) is 50.1. The summed E-state index contributed by atoms with van der Waals surface area (Å²) in [6, 6.07) is 8.26. The molecular weight excluding hydrogens is 889 g/mol. The average Bonchev–Trinajstić information content (AvgIpc) is 3.36. The van der Waals surface area contributed by atoms with Gasteiger partial charge in [-0.3, -0.25) is 0 Å². The second kappa shape index (κ2) is 59.2. The Morgan fingerprint density at radius 3 is 0.565 bits per heavy atom. The first-order valence-electron chi connectivity index (χ1n) is 32.3. The van der Waals surface area contributed by atoms with Crippen molar-refractivity contribution in [2.75, 3.05) is 17.3 Å². The number of hydrogen-bond donors (Lipinski definition) is 0. The number of hydrogen-bond acceptors (Lipinski definition) is 3. The molecular formula is C66H125S3. The van der Waals surface area contributed by atoms with Gasteiger partial charge in [-0.1, -0.05) is 348 Å². The fourth-order valence-electron chi connectivity index (χ4n) is 10.4. The summed E-state index contributed by atoms with van der Waals surface area (Å²) in [5.41, 5.74) is 0. The summed E-state index contributed by atoms with van der Waals surface area (Å²) in [5, 5.41) is 0. The molecule has 0 saturated carbocycles. The van der Waals surface area contributed by atoms with Crippen molar-refractivity contribution >= 4 is 35.3 Å². The molecule has 0 aromatic heterocycles. The van der Waals surface area contributed by atoms with Crippen LogP contribution in [0.2, 0.25) is 0 Å². The predicted molar refractivity (Wildman–Crippen MR) is 324 cm³/mol. The van der Waals surface area contributed by atoms with Crippen LogP contribution in [0.5, 0.6) is 0 Å². The number of unbranched alkanes of at least 4 members (excludes halogenated alkanes) is 51. The second-order valence-electron chi connectivity index (χ2n) is 22.1. The van der Waals surface area contributed by atoms with Gasteiger partial charge in [0.2, 0.25) is 0 Å². The Labute approximate surface area is 450 Å². The molecule has 1 rings (SSSR count). The van der Waals surface area contributed by atoms with Crippen LogP contribution in [-0.2, 0) is 0 Å². The Morgan fingerprint density at radius 1 is 0.217 bits per heavy atom. The van der Waals surface area contributed by atoms with E-state index in [0.29, 0.717) is 0 Å². The Morgan fingerprint density at radius 2 is 0.377 bits per heavy atom. The lowest BCUT2D eigenvalue weighted by atomic mass is 10.0. The van der Waals surface area contributed by atoms with Gasteiger partial charge in [0.1, 0.15) is 0 Å². The number of rotatable bonds is 60. The zero-order valence-electron chi connectivity index (χ0n) is 47.7. The van der Waals surface area contributed by atoms with Crippen molar-refractivity contribution in [3.05, 3.63) is 18.2 Å². The maximum atomic E-state index is 3.60. The maximum absolute atomic E-state index is 3.60. The minimum absolute atomic E-state index is 1.27. The molecule has 407 valence electrons. The van der Waals surface area contributed by atoms with Gasteiger partial charge in [-0.05, 0) is 54.7 Å². The summed E-state index contributed by atoms with van der Waals surface area (Å²) in [6.07, 6.45) is 78.4. The summed E-state index contributed by atoms with van der Waals surface area (Å²) in [7, 11) is 0. The molecule has 1 radical (unpaired) electrons. The van der Waals surface area contributed by atoms with E-state index in [4.69, 9.17) is 0 Å². The van der Waals surface area contributed by atoms with Crippen LogP contribution in [-0.4, -0.2) is 17.3 Å². The van der Waals surface area contributed by atoms with Gasteiger partial charge < -0.3 is 0 Å². The third-order valence-corrected chi connectivity index (χ3v) is 18.9. The summed E-state index contributed by atoms with van der Waals surface area (Å²) in [5.74, 6) is 3.82. The van der Waals surface area contributed by atoms with Gasteiger partial charge in [0.25, 0.3) is 0 Å². The molecule has 69 heavy (non-hydrogen) atoms. The zero-order chi connectivity index (χ0) is 49.3. The molecule has 3 heteroatoms. The topological polar surface area (TPSA) is 0 Å². The van der Waals surface area contributed by atoms with E-state index in [1.54, 1.807) is 4.90 Å². The van der Waals surface area contributed by atoms with E-state index >= 15 is 0 Å². The van der Waals surface area contributed by atoms with Gasteiger partial charge in [0.15, 0.2) is 0 Å². The lowest BCUT2D eigenvalue weighted by Crippen LogP contribution is -1.91. The molecule has 1 aromatic rings. The Balaban J connectivity index is 2.27. The van der Waals surface area contributed by atoms with Gasteiger partial charge >= 0.3 is 0 Å². The normalized spacial score (nSPS) is 11.7. The molecule has 1 aromatic carbocycles. The van der Waals surface area contributed by atoms with Crippen molar-refractivity contribution in [3.63, 3.8) is 0 Å². The third kappa shape index (κ3) is 50.2. The van der Waals surface area contributed by atoms with Crippen LogP contribution in [0.1, 0.15) is 367 Å². The molecule has 0 bridgehead atoms. The first-order valence-corrected chi connectivity index (χ1v) is 35.2.